The number of para-hydroxylation sites is 2. The quantitative estimate of drug-likeness (QED) is 0.915. The van der Waals surface area contributed by atoms with Crippen molar-refractivity contribution in [1.29, 1.82) is 0 Å². The molecule has 6 nitrogen and oxygen atoms in total. The second kappa shape index (κ2) is 5.16. The van der Waals surface area contributed by atoms with Crippen LogP contribution in [0.2, 0.25) is 0 Å². The molecule has 0 saturated carbocycles. The maximum Gasteiger partial charge on any atom is 0.279 e. The number of nitrogens with one attached hydrogen (secondary N) is 1. The molecule has 2 aromatic rings. The van der Waals surface area contributed by atoms with Crippen LogP contribution in [0.25, 0.3) is 11.0 Å². The van der Waals surface area contributed by atoms with Crippen molar-refractivity contribution < 1.29 is 8.42 Å². The van der Waals surface area contributed by atoms with Crippen LogP contribution in [0.4, 0.5) is 0 Å². The van der Waals surface area contributed by atoms with Crippen molar-refractivity contribution in [1.82, 2.24) is 18.6 Å². The molecule has 1 fully saturated rings. The molecule has 0 atom stereocenters. The molecular formula is C13H18N4O2S. The summed E-state index contributed by atoms with van der Waals surface area (Å²) in [5, 5.41) is 0. The molecule has 2 heterocycles. The first-order valence-corrected chi connectivity index (χ1v) is 8.17. The normalized spacial score (nSPS) is 17.1. The third kappa shape index (κ3) is 2.44. The number of nitrogens with zero attached hydrogens (tertiary/aromatic N) is 3. The Labute approximate surface area is 118 Å². The summed E-state index contributed by atoms with van der Waals surface area (Å²) in [5.41, 5.74) is 1.88. The molecule has 1 N–H and O–H groups in total. The predicted molar refractivity (Wildman–Crippen MR) is 77.3 cm³/mol. The molecule has 0 amide bonds. The SMILES string of the molecule is Cn1c(CNS(=O)(=O)N2CCCC2)nc2ccccc21. The van der Waals surface area contributed by atoms with E-state index in [-0.39, 0.29) is 6.54 Å². The van der Waals surface area contributed by atoms with E-state index in [0.717, 1.165) is 23.9 Å². The highest BCUT2D eigenvalue weighted by molar-refractivity contribution is 7.87. The van der Waals surface area contributed by atoms with Crippen LogP contribution in [-0.2, 0) is 23.8 Å². The maximum absolute atomic E-state index is 12.1. The predicted octanol–water partition coefficient (Wildman–Crippen LogP) is 1.00. The zero-order valence-electron chi connectivity index (χ0n) is 11.4. The third-order valence-corrected chi connectivity index (χ3v) is 5.25. The van der Waals surface area contributed by atoms with Gasteiger partial charge in [-0.05, 0) is 25.0 Å². The number of hydrogen-bond acceptors (Lipinski definition) is 3. The van der Waals surface area contributed by atoms with Gasteiger partial charge in [-0.25, -0.2) is 4.98 Å². The molecule has 1 aliphatic heterocycles. The summed E-state index contributed by atoms with van der Waals surface area (Å²) < 4.78 is 30.3. The van der Waals surface area contributed by atoms with Gasteiger partial charge in [0.1, 0.15) is 5.82 Å². The van der Waals surface area contributed by atoms with E-state index in [1.54, 1.807) is 0 Å². The number of aryl methyl sites for hydroxylation is 1. The number of aromatic nitrogens is 2. The van der Waals surface area contributed by atoms with Crippen LogP contribution in [0.3, 0.4) is 0 Å². The summed E-state index contributed by atoms with van der Waals surface area (Å²) in [6, 6.07) is 7.77. The molecule has 0 aliphatic carbocycles. The molecule has 1 aromatic carbocycles. The lowest BCUT2D eigenvalue weighted by atomic mass is 10.3. The summed E-state index contributed by atoms with van der Waals surface area (Å²) in [6.45, 7) is 1.43. The van der Waals surface area contributed by atoms with Crippen molar-refractivity contribution in [2.24, 2.45) is 7.05 Å². The molecule has 108 valence electrons. The Hall–Kier alpha value is -1.44. The lowest BCUT2D eigenvalue weighted by Gasteiger charge is -2.15. The maximum atomic E-state index is 12.1. The molecule has 20 heavy (non-hydrogen) atoms. The van der Waals surface area contributed by atoms with E-state index in [2.05, 4.69) is 9.71 Å². The molecule has 0 bridgehead atoms. The van der Waals surface area contributed by atoms with Crippen LogP contribution in [0.15, 0.2) is 24.3 Å². The monoisotopic (exact) mass is 294 g/mol. The minimum absolute atomic E-state index is 0.212. The van der Waals surface area contributed by atoms with Gasteiger partial charge in [0.2, 0.25) is 0 Å². The fourth-order valence-electron chi connectivity index (χ4n) is 2.53. The van der Waals surface area contributed by atoms with Crippen LogP contribution in [0, 0.1) is 0 Å². The number of imidazole rings is 1. The molecule has 0 spiro atoms. The Morgan fingerprint density at radius 2 is 1.95 bits per heavy atom. The fourth-order valence-corrected chi connectivity index (χ4v) is 3.76. The average molecular weight is 294 g/mol. The van der Waals surface area contributed by atoms with E-state index < -0.39 is 10.2 Å². The highest BCUT2D eigenvalue weighted by Crippen LogP contribution is 2.15. The van der Waals surface area contributed by atoms with Crippen LogP contribution < -0.4 is 4.72 Å². The van der Waals surface area contributed by atoms with Gasteiger partial charge in [0.05, 0.1) is 17.6 Å². The standard InChI is InChI=1S/C13H18N4O2S/c1-16-12-7-3-2-6-11(12)15-13(16)10-14-20(18,19)17-8-4-5-9-17/h2-3,6-7,14H,4-5,8-10H2,1H3. The van der Waals surface area contributed by atoms with Crippen LogP contribution in [0.5, 0.6) is 0 Å². The highest BCUT2D eigenvalue weighted by Gasteiger charge is 2.25. The second-order valence-electron chi connectivity index (χ2n) is 5.01. The minimum atomic E-state index is -3.38. The molecule has 0 unspecified atom stereocenters. The van der Waals surface area contributed by atoms with Crippen molar-refractivity contribution >= 4 is 21.2 Å². The summed E-state index contributed by atoms with van der Waals surface area (Å²) in [7, 11) is -1.48. The van der Waals surface area contributed by atoms with Crippen molar-refractivity contribution in [2.45, 2.75) is 19.4 Å². The molecule has 3 rings (SSSR count). The first-order chi connectivity index (χ1) is 9.58. The molecule has 1 aliphatic rings. The molecular weight excluding hydrogens is 276 g/mol. The van der Waals surface area contributed by atoms with Gasteiger partial charge in [0.15, 0.2) is 0 Å². The van der Waals surface area contributed by atoms with E-state index in [1.807, 2.05) is 35.9 Å². The average Bonchev–Trinajstić information content (AvgIpc) is 3.06. The Balaban J connectivity index is 1.78. The Morgan fingerprint density at radius 3 is 2.65 bits per heavy atom. The first-order valence-electron chi connectivity index (χ1n) is 6.73. The van der Waals surface area contributed by atoms with E-state index in [4.69, 9.17) is 0 Å². The van der Waals surface area contributed by atoms with Gasteiger partial charge in [-0.1, -0.05) is 12.1 Å². The largest absolute Gasteiger partial charge is 0.330 e. The summed E-state index contributed by atoms with van der Waals surface area (Å²) >= 11 is 0. The number of benzene rings is 1. The first kappa shape index (κ1) is 13.5. The van der Waals surface area contributed by atoms with E-state index >= 15 is 0 Å². The van der Waals surface area contributed by atoms with Gasteiger partial charge in [-0.15, -0.1) is 0 Å². The summed E-state index contributed by atoms with van der Waals surface area (Å²) in [4.78, 5) is 4.46. The van der Waals surface area contributed by atoms with Crippen molar-refractivity contribution in [3.05, 3.63) is 30.1 Å². The minimum Gasteiger partial charge on any atom is -0.330 e. The van der Waals surface area contributed by atoms with Gasteiger partial charge >= 0.3 is 0 Å². The Bertz CT molecular complexity index is 717. The lowest BCUT2D eigenvalue weighted by Crippen LogP contribution is -2.38. The van der Waals surface area contributed by atoms with Crippen molar-refractivity contribution in [2.75, 3.05) is 13.1 Å². The molecule has 1 aromatic heterocycles. The number of fused-ring (bicyclic) bond motifs is 1. The van der Waals surface area contributed by atoms with E-state index in [1.165, 1.54) is 4.31 Å². The molecule has 1 saturated heterocycles. The summed E-state index contributed by atoms with van der Waals surface area (Å²) in [5.74, 6) is 0.717. The van der Waals surface area contributed by atoms with Gasteiger partial charge in [0.25, 0.3) is 10.2 Å². The number of rotatable bonds is 4. The highest BCUT2D eigenvalue weighted by atomic mass is 32.2. The Morgan fingerprint density at radius 1 is 1.25 bits per heavy atom. The lowest BCUT2D eigenvalue weighted by molar-refractivity contribution is 0.463. The zero-order valence-corrected chi connectivity index (χ0v) is 12.2. The topological polar surface area (TPSA) is 67.2 Å². The van der Waals surface area contributed by atoms with Gasteiger partial charge in [-0.2, -0.15) is 17.4 Å². The van der Waals surface area contributed by atoms with Crippen molar-refractivity contribution in [3.63, 3.8) is 0 Å². The van der Waals surface area contributed by atoms with Crippen LogP contribution in [0.1, 0.15) is 18.7 Å². The van der Waals surface area contributed by atoms with Crippen LogP contribution >= 0.6 is 0 Å². The molecule has 0 radical (unpaired) electrons. The number of hydrogen-bond donors (Lipinski definition) is 1. The third-order valence-electron chi connectivity index (χ3n) is 3.70. The van der Waals surface area contributed by atoms with Crippen LogP contribution in [-0.4, -0.2) is 35.4 Å². The second-order valence-corrected chi connectivity index (χ2v) is 6.76. The summed E-state index contributed by atoms with van der Waals surface area (Å²) in [6.07, 6.45) is 1.88. The molecule has 7 heteroatoms. The van der Waals surface area contributed by atoms with E-state index in [0.29, 0.717) is 18.9 Å². The van der Waals surface area contributed by atoms with Crippen molar-refractivity contribution in [3.8, 4) is 0 Å². The zero-order chi connectivity index (χ0) is 14.2. The van der Waals surface area contributed by atoms with E-state index in [9.17, 15) is 8.42 Å². The smallest absolute Gasteiger partial charge is 0.279 e. The van der Waals surface area contributed by atoms with Gasteiger partial charge in [-0.3, -0.25) is 0 Å². The fraction of sp³-hybridized carbons (Fsp3) is 0.462. The van der Waals surface area contributed by atoms with Gasteiger partial charge < -0.3 is 4.57 Å². The Kier molecular flexibility index (Phi) is 3.49. The van der Waals surface area contributed by atoms with Gasteiger partial charge in [0, 0.05) is 20.1 Å².